The highest BCUT2D eigenvalue weighted by Crippen LogP contribution is 2.24. The van der Waals surface area contributed by atoms with Crippen LogP contribution >= 0.6 is 0 Å². The first-order valence-corrected chi connectivity index (χ1v) is 10.5. The average Bonchev–Trinajstić information content (AvgIpc) is 2.73. The molecule has 7 heteroatoms. The number of anilines is 1. The smallest absolute Gasteiger partial charge is 0.258 e. The summed E-state index contributed by atoms with van der Waals surface area (Å²) in [4.78, 5) is 19.2. The van der Waals surface area contributed by atoms with Gasteiger partial charge in [-0.2, -0.15) is 0 Å². The molecular weight excluding hydrogens is 373 g/mol. The molecule has 2 aliphatic rings. The number of aromatic nitrogens is 2. The zero-order valence-corrected chi connectivity index (χ0v) is 16.9. The van der Waals surface area contributed by atoms with E-state index in [1.54, 1.807) is 19.1 Å². The fourth-order valence-corrected chi connectivity index (χ4v) is 4.15. The predicted octanol–water partition coefficient (Wildman–Crippen LogP) is 3.37. The van der Waals surface area contributed by atoms with E-state index in [9.17, 15) is 9.18 Å². The summed E-state index contributed by atoms with van der Waals surface area (Å²) in [5, 5.41) is 0. The van der Waals surface area contributed by atoms with E-state index in [2.05, 4.69) is 4.98 Å². The molecule has 1 aliphatic carbocycles. The van der Waals surface area contributed by atoms with E-state index in [1.807, 2.05) is 4.90 Å². The first kappa shape index (κ1) is 20.0. The van der Waals surface area contributed by atoms with Crippen molar-refractivity contribution in [1.29, 1.82) is 0 Å². The topological polar surface area (TPSA) is 56.6 Å². The second kappa shape index (κ2) is 9.05. The Morgan fingerprint density at radius 1 is 1.17 bits per heavy atom. The number of aryl methyl sites for hydroxylation is 1. The monoisotopic (exact) mass is 401 g/mol. The molecule has 0 bridgehead atoms. The van der Waals surface area contributed by atoms with E-state index in [0.29, 0.717) is 49.2 Å². The van der Waals surface area contributed by atoms with Crippen molar-refractivity contribution in [3.8, 4) is 5.69 Å². The summed E-state index contributed by atoms with van der Waals surface area (Å²) in [5.41, 5.74) is 1.42. The van der Waals surface area contributed by atoms with Crippen molar-refractivity contribution in [2.45, 2.75) is 51.7 Å². The minimum atomic E-state index is -0.351. The van der Waals surface area contributed by atoms with Crippen LogP contribution in [-0.4, -0.2) is 42.0 Å². The van der Waals surface area contributed by atoms with Crippen LogP contribution in [0.15, 0.2) is 29.1 Å². The van der Waals surface area contributed by atoms with E-state index in [4.69, 9.17) is 9.47 Å². The average molecular weight is 401 g/mol. The second-order valence-electron chi connectivity index (χ2n) is 7.79. The van der Waals surface area contributed by atoms with Gasteiger partial charge in [0.1, 0.15) is 18.2 Å². The van der Waals surface area contributed by atoms with E-state index in [-0.39, 0.29) is 24.1 Å². The van der Waals surface area contributed by atoms with Gasteiger partial charge in [0.25, 0.3) is 5.56 Å². The van der Waals surface area contributed by atoms with E-state index in [1.165, 1.54) is 36.0 Å². The van der Waals surface area contributed by atoms with Crippen molar-refractivity contribution in [2.24, 2.45) is 0 Å². The number of benzene rings is 1. The van der Waals surface area contributed by atoms with Crippen molar-refractivity contribution < 1.29 is 13.9 Å². The van der Waals surface area contributed by atoms with Gasteiger partial charge >= 0.3 is 0 Å². The number of morpholine rings is 1. The molecule has 4 rings (SSSR count). The van der Waals surface area contributed by atoms with Gasteiger partial charge in [0.2, 0.25) is 0 Å². The molecule has 2 heterocycles. The molecular formula is C22H28FN3O3. The molecule has 6 nitrogen and oxygen atoms in total. The summed E-state index contributed by atoms with van der Waals surface area (Å²) in [7, 11) is 0. The highest BCUT2D eigenvalue weighted by Gasteiger charge is 2.19. The molecule has 1 aliphatic heterocycles. The minimum Gasteiger partial charge on any atom is -0.378 e. The summed E-state index contributed by atoms with van der Waals surface area (Å²) in [6.07, 6.45) is 5.88. The van der Waals surface area contributed by atoms with Crippen LogP contribution < -0.4 is 10.5 Å². The Hall–Kier alpha value is -2.25. The largest absolute Gasteiger partial charge is 0.378 e. The van der Waals surface area contributed by atoms with E-state index < -0.39 is 0 Å². The number of hydrogen-bond acceptors (Lipinski definition) is 5. The third kappa shape index (κ3) is 4.67. The molecule has 0 amide bonds. The Bertz CT molecular complexity index is 903. The maximum atomic E-state index is 14.9. The molecule has 1 saturated heterocycles. The number of hydrogen-bond donors (Lipinski definition) is 0. The molecule has 1 aromatic heterocycles. The van der Waals surface area contributed by atoms with Gasteiger partial charge in [-0.05, 0) is 31.9 Å². The summed E-state index contributed by atoms with van der Waals surface area (Å²) in [5.74, 6) is 0.162. The van der Waals surface area contributed by atoms with Crippen LogP contribution in [0.5, 0.6) is 0 Å². The van der Waals surface area contributed by atoms with Crippen molar-refractivity contribution in [2.75, 3.05) is 31.2 Å². The van der Waals surface area contributed by atoms with Gasteiger partial charge in [-0.15, -0.1) is 0 Å². The summed E-state index contributed by atoms with van der Waals surface area (Å²) < 4.78 is 27.7. The van der Waals surface area contributed by atoms with Gasteiger partial charge < -0.3 is 14.4 Å². The Morgan fingerprint density at radius 3 is 2.66 bits per heavy atom. The zero-order valence-electron chi connectivity index (χ0n) is 16.9. The van der Waals surface area contributed by atoms with Gasteiger partial charge in [-0.3, -0.25) is 9.36 Å². The maximum Gasteiger partial charge on any atom is 0.258 e. The van der Waals surface area contributed by atoms with E-state index in [0.717, 1.165) is 12.8 Å². The molecule has 0 unspecified atom stereocenters. The van der Waals surface area contributed by atoms with Gasteiger partial charge in [0.05, 0.1) is 30.7 Å². The van der Waals surface area contributed by atoms with Gasteiger partial charge in [0, 0.05) is 30.9 Å². The molecule has 0 atom stereocenters. The Balaban J connectivity index is 1.61. The lowest BCUT2D eigenvalue weighted by Crippen LogP contribution is -2.36. The van der Waals surface area contributed by atoms with Crippen LogP contribution in [0.1, 0.15) is 43.6 Å². The molecule has 29 heavy (non-hydrogen) atoms. The van der Waals surface area contributed by atoms with Crippen LogP contribution in [0.25, 0.3) is 5.69 Å². The van der Waals surface area contributed by atoms with Crippen LogP contribution in [0.2, 0.25) is 0 Å². The number of ether oxygens (including phenoxy) is 2. The molecule has 2 fully saturated rings. The summed E-state index contributed by atoms with van der Waals surface area (Å²) in [6, 6.07) is 6.38. The molecule has 0 N–H and O–H groups in total. The predicted molar refractivity (Wildman–Crippen MR) is 109 cm³/mol. The molecule has 156 valence electrons. The first-order chi connectivity index (χ1) is 14.1. The Labute approximate surface area is 170 Å². The van der Waals surface area contributed by atoms with Crippen molar-refractivity contribution >= 4 is 5.69 Å². The summed E-state index contributed by atoms with van der Waals surface area (Å²) in [6.45, 7) is 4.52. The van der Waals surface area contributed by atoms with E-state index >= 15 is 0 Å². The highest BCUT2D eigenvalue weighted by atomic mass is 19.1. The van der Waals surface area contributed by atoms with Crippen molar-refractivity contribution in [3.63, 3.8) is 0 Å². The quantitative estimate of drug-likeness (QED) is 0.769. The zero-order chi connectivity index (χ0) is 20.2. The second-order valence-corrected chi connectivity index (χ2v) is 7.79. The lowest BCUT2D eigenvalue weighted by Gasteiger charge is -2.29. The highest BCUT2D eigenvalue weighted by molar-refractivity contribution is 5.53. The van der Waals surface area contributed by atoms with Crippen molar-refractivity contribution in [3.05, 3.63) is 52.0 Å². The molecule has 1 aromatic carbocycles. The fourth-order valence-electron chi connectivity index (χ4n) is 4.15. The normalized spacial score (nSPS) is 18.2. The molecule has 0 spiro atoms. The lowest BCUT2D eigenvalue weighted by atomic mass is 9.98. The standard InChI is InChI=1S/C22H28FN3O3/c1-16-13-22(27)26(21(24-16)15-29-18-5-3-2-4-6-18)17-7-8-20(19(23)14-17)25-9-11-28-12-10-25/h7-8,13-14,18H,2-6,9-12,15H2,1H3. The molecule has 2 aromatic rings. The van der Waals surface area contributed by atoms with Crippen molar-refractivity contribution in [1.82, 2.24) is 9.55 Å². The molecule has 1 saturated carbocycles. The fraction of sp³-hybridized carbons (Fsp3) is 0.545. The maximum absolute atomic E-state index is 14.9. The van der Waals surface area contributed by atoms with Crippen LogP contribution in [0.4, 0.5) is 10.1 Å². The van der Waals surface area contributed by atoms with Gasteiger partial charge in [-0.25, -0.2) is 9.37 Å². The van der Waals surface area contributed by atoms with Crippen LogP contribution in [-0.2, 0) is 16.1 Å². The SMILES string of the molecule is Cc1cc(=O)n(-c2ccc(N3CCOCC3)c(F)c2)c(COC2CCCCC2)n1. The van der Waals surface area contributed by atoms with Gasteiger partial charge in [-0.1, -0.05) is 19.3 Å². The Morgan fingerprint density at radius 2 is 1.93 bits per heavy atom. The third-order valence-electron chi connectivity index (χ3n) is 5.66. The minimum absolute atomic E-state index is 0.204. The number of nitrogens with zero attached hydrogens (tertiary/aromatic N) is 3. The summed E-state index contributed by atoms with van der Waals surface area (Å²) >= 11 is 0. The lowest BCUT2D eigenvalue weighted by molar-refractivity contribution is 0.0124. The Kier molecular flexibility index (Phi) is 6.25. The first-order valence-electron chi connectivity index (χ1n) is 10.5. The van der Waals surface area contributed by atoms with Crippen LogP contribution in [0, 0.1) is 12.7 Å². The van der Waals surface area contributed by atoms with Gasteiger partial charge in [0.15, 0.2) is 0 Å². The number of rotatable bonds is 5. The number of halogens is 1. The molecule has 0 radical (unpaired) electrons. The third-order valence-corrected chi connectivity index (χ3v) is 5.66. The van der Waals surface area contributed by atoms with Crippen LogP contribution in [0.3, 0.4) is 0 Å².